The van der Waals surface area contributed by atoms with Crippen LogP contribution in [0, 0.1) is 0 Å². The van der Waals surface area contributed by atoms with Crippen molar-refractivity contribution < 1.29 is 10.2 Å². The van der Waals surface area contributed by atoms with Gasteiger partial charge in [0.05, 0.1) is 5.69 Å². The fourth-order valence-electron chi connectivity index (χ4n) is 0.603. The Morgan fingerprint density at radius 2 is 2.40 bits per heavy atom. The van der Waals surface area contributed by atoms with Crippen LogP contribution in [0.5, 0.6) is 0 Å². The molecule has 0 spiro atoms. The second kappa shape index (κ2) is 2.96. The number of nitrogen functional groups attached to an aromatic ring is 1. The van der Waals surface area contributed by atoms with Gasteiger partial charge in [0.2, 0.25) is 0 Å². The van der Waals surface area contributed by atoms with Gasteiger partial charge in [0.1, 0.15) is 0 Å². The smallest absolute Gasteiger partial charge is 0.180 e. The van der Waals surface area contributed by atoms with Gasteiger partial charge in [-0.3, -0.25) is 0 Å². The Balaban J connectivity index is 2.58. The Hall–Kier alpha value is -0.650. The number of hydrogen-bond donors (Lipinski definition) is 3. The van der Waals surface area contributed by atoms with E-state index in [0.717, 1.165) is 0 Å². The van der Waals surface area contributed by atoms with Gasteiger partial charge in [0, 0.05) is 11.8 Å². The van der Waals surface area contributed by atoms with Crippen molar-refractivity contribution in [2.45, 2.75) is 12.7 Å². The normalized spacial score (nSPS) is 10.7. The molecule has 4 N–H and O–H groups in total. The van der Waals surface area contributed by atoms with Crippen LogP contribution in [0.15, 0.2) is 5.38 Å². The lowest BCUT2D eigenvalue weighted by Gasteiger charge is -1.96. The largest absolute Gasteiger partial charge is 0.375 e. The number of nitrogens with two attached hydrogens (primary N) is 1. The molecular weight excluding hydrogens is 152 g/mol. The van der Waals surface area contributed by atoms with E-state index in [-0.39, 0.29) is 6.42 Å². The lowest BCUT2D eigenvalue weighted by atomic mass is 10.3. The number of hydrogen-bond acceptors (Lipinski definition) is 5. The van der Waals surface area contributed by atoms with Crippen LogP contribution in [0.4, 0.5) is 5.13 Å². The second-order valence-electron chi connectivity index (χ2n) is 1.86. The Morgan fingerprint density at radius 1 is 1.70 bits per heavy atom. The lowest BCUT2D eigenvalue weighted by Crippen LogP contribution is -2.08. The summed E-state index contributed by atoms with van der Waals surface area (Å²) in [5.41, 5.74) is 5.92. The van der Waals surface area contributed by atoms with Crippen LogP contribution in [0.3, 0.4) is 0 Å². The average Bonchev–Trinajstić information content (AvgIpc) is 2.13. The molecule has 0 unspecified atom stereocenters. The molecule has 1 aromatic rings. The molecule has 56 valence electrons. The van der Waals surface area contributed by atoms with Gasteiger partial charge in [-0.1, -0.05) is 0 Å². The quantitative estimate of drug-likeness (QED) is 0.513. The van der Waals surface area contributed by atoms with Crippen LogP contribution in [0.2, 0.25) is 0 Å². The molecule has 1 rings (SSSR count). The van der Waals surface area contributed by atoms with E-state index in [4.69, 9.17) is 15.9 Å². The van der Waals surface area contributed by atoms with Gasteiger partial charge in [0.25, 0.3) is 0 Å². The van der Waals surface area contributed by atoms with Crippen LogP contribution in [-0.4, -0.2) is 21.5 Å². The summed E-state index contributed by atoms with van der Waals surface area (Å²) in [6, 6.07) is 0. The van der Waals surface area contributed by atoms with Crippen LogP contribution in [0.25, 0.3) is 0 Å². The molecule has 0 aliphatic rings. The summed E-state index contributed by atoms with van der Waals surface area (Å²) in [4.78, 5) is 3.83. The second-order valence-corrected chi connectivity index (χ2v) is 2.75. The topological polar surface area (TPSA) is 79.4 Å². The van der Waals surface area contributed by atoms with Gasteiger partial charge in [0.15, 0.2) is 11.4 Å². The predicted molar refractivity (Wildman–Crippen MR) is 38.5 cm³/mol. The van der Waals surface area contributed by atoms with Crippen LogP contribution >= 0.6 is 11.3 Å². The standard InChI is InChI=1S/C5H8N2O2S/c6-5-7-3(2-10-5)1-4(8)9/h2,4,8-9H,1H2,(H2,6,7). The highest BCUT2D eigenvalue weighted by molar-refractivity contribution is 7.13. The molecule has 0 bridgehead atoms. The predicted octanol–water partition coefficient (Wildman–Crippen LogP) is -0.421. The van der Waals surface area contributed by atoms with Crippen molar-refractivity contribution in [3.63, 3.8) is 0 Å². The first-order valence-corrected chi connectivity index (χ1v) is 3.62. The van der Waals surface area contributed by atoms with Crippen molar-refractivity contribution in [3.05, 3.63) is 11.1 Å². The molecule has 0 amide bonds. The number of aromatic nitrogens is 1. The molecule has 10 heavy (non-hydrogen) atoms. The van der Waals surface area contributed by atoms with E-state index in [2.05, 4.69) is 4.98 Å². The molecule has 0 atom stereocenters. The molecule has 0 aliphatic carbocycles. The van der Waals surface area contributed by atoms with Crippen molar-refractivity contribution in [1.82, 2.24) is 4.98 Å². The van der Waals surface area contributed by atoms with Gasteiger partial charge in [-0.15, -0.1) is 11.3 Å². The number of nitrogens with zero attached hydrogens (tertiary/aromatic N) is 1. The zero-order valence-electron chi connectivity index (χ0n) is 5.19. The first-order valence-electron chi connectivity index (χ1n) is 2.74. The maximum Gasteiger partial charge on any atom is 0.180 e. The van der Waals surface area contributed by atoms with E-state index >= 15 is 0 Å². The molecular formula is C5H8N2O2S. The van der Waals surface area contributed by atoms with E-state index in [9.17, 15) is 0 Å². The maximum absolute atomic E-state index is 8.49. The van der Waals surface area contributed by atoms with Crippen LogP contribution < -0.4 is 5.73 Å². The van der Waals surface area contributed by atoms with Crippen molar-refractivity contribution in [3.8, 4) is 0 Å². The molecule has 0 saturated carbocycles. The van der Waals surface area contributed by atoms with Crippen molar-refractivity contribution in [2.75, 3.05) is 5.73 Å². The number of thiazole rings is 1. The van der Waals surface area contributed by atoms with Gasteiger partial charge in [-0.2, -0.15) is 0 Å². The third-order valence-electron chi connectivity index (χ3n) is 0.961. The van der Waals surface area contributed by atoms with E-state index in [1.165, 1.54) is 11.3 Å². The fourth-order valence-corrected chi connectivity index (χ4v) is 1.18. The Morgan fingerprint density at radius 3 is 2.80 bits per heavy atom. The summed E-state index contributed by atoms with van der Waals surface area (Å²) in [7, 11) is 0. The third kappa shape index (κ3) is 1.94. The monoisotopic (exact) mass is 160 g/mol. The molecule has 5 heteroatoms. The van der Waals surface area contributed by atoms with Crippen molar-refractivity contribution >= 4 is 16.5 Å². The maximum atomic E-state index is 8.49. The molecule has 0 aliphatic heterocycles. The van der Waals surface area contributed by atoms with Gasteiger partial charge in [-0.05, 0) is 0 Å². The summed E-state index contributed by atoms with van der Waals surface area (Å²) in [6.07, 6.45) is -1.19. The van der Waals surface area contributed by atoms with Crippen LogP contribution in [-0.2, 0) is 6.42 Å². The van der Waals surface area contributed by atoms with Gasteiger partial charge < -0.3 is 15.9 Å². The molecule has 0 radical (unpaired) electrons. The minimum Gasteiger partial charge on any atom is -0.375 e. The number of aliphatic hydroxyl groups excluding tert-OH is 1. The molecule has 1 aromatic heterocycles. The van der Waals surface area contributed by atoms with Crippen molar-refractivity contribution in [1.29, 1.82) is 0 Å². The SMILES string of the molecule is Nc1nc(CC(O)O)cs1. The van der Waals surface area contributed by atoms with Gasteiger partial charge in [-0.25, -0.2) is 4.98 Å². The van der Waals surface area contributed by atoms with Crippen molar-refractivity contribution in [2.24, 2.45) is 0 Å². The van der Waals surface area contributed by atoms with E-state index in [1.807, 2.05) is 0 Å². The minimum absolute atomic E-state index is 0.147. The van der Waals surface area contributed by atoms with E-state index in [1.54, 1.807) is 5.38 Å². The zero-order chi connectivity index (χ0) is 7.56. The minimum atomic E-state index is -1.33. The van der Waals surface area contributed by atoms with E-state index in [0.29, 0.717) is 10.8 Å². The Kier molecular flexibility index (Phi) is 2.21. The Bertz CT molecular complexity index is 211. The highest BCUT2D eigenvalue weighted by atomic mass is 32.1. The molecule has 0 saturated heterocycles. The summed E-state index contributed by atoms with van der Waals surface area (Å²) in [5.74, 6) is 0. The molecule has 0 fully saturated rings. The highest BCUT2D eigenvalue weighted by Gasteiger charge is 2.02. The molecule has 1 heterocycles. The zero-order valence-corrected chi connectivity index (χ0v) is 6.01. The fraction of sp³-hybridized carbons (Fsp3) is 0.400. The summed E-state index contributed by atoms with van der Waals surface area (Å²) >= 11 is 1.29. The summed E-state index contributed by atoms with van der Waals surface area (Å²) in [5, 5.41) is 19.1. The average molecular weight is 160 g/mol. The Labute approximate surface area is 61.9 Å². The number of rotatable bonds is 2. The van der Waals surface area contributed by atoms with Crippen LogP contribution in [0.1, 0.15) is 5.69 Å². The van der Waals surface area contributed by atoms with Gasteiger partial charge >= 0.3 is 0 Å². The van der Waals surface area contributed by atoms with E-state index < -0.39 is 6.29 Å². The molecule has 4 nitrogen and oxygen atoms in total. The highest BCUT2D eigenvalue weighted by Crippen LogP contribution is 2.11. The lowest BCUT2D eigenvalue weighted by molar-refractivity contribution is -0.0386. The third-order valence-corrected chi connectivity index (χ3v) is 1.68. The summed E-state index contributed by atoms with van der Waals surface area (Å²) in [6.45, 7) is 0. The first kappa shape index (κ1) is 7.46. The number of aliphatic hydroxyl groups is 2. The first-order chi connectivity index (χ1) is 4.68. The molecule has 0 aromatic carbocycles. The number of anilines is 1. The summed E-state index contributed by atoms with van der Waals surface area (Å²) < 4.78 is 0.